The van der Waals surface area contributed by atoms with Gasteiger partial charge in [-0.3, -0.25) is 0 Å². The van der Waals surface area contributed by atoms with E-state index in [1.807, 2.05) is 6.92 Å². The molecule has 0 aromatic carbocycles. The number of rotatable bonds is 7. The van der Waals surface area contributed by atoms with E-state index in [1.165, 1.54) is 0 Å². The van der Waals surface area contributed by atoms with Crippen LogP contribution >= 0.6 is 0 Å². The summed E-state index contributed by atoms with van der Waals surface area (Å²) in [5.74, 6) is 1.13. The average Bonchev–Trinajstić information content (AvgIpc) is 3.66. The Kier molecular flexibility index (Phi) is 10.9. The molecule has 4 saturated carbocycles. The number of aliphatic hydroxyl groups excluding tert-OH is 4. The number of cyclic esters (lactones) is 1. The van der Waals surface area contributed by atoms with Crippen molar-refractivity contribution in [3.05, 3.63) is 11.6 Å². The smallest absolute Gasteiger partial charge is 0.331 e. The van der Waals surface area contributed by atoms with E-state index in [0.717, 1.165) is 63.4 Å². The zero-order chi connectivity index (χ0) is 38.3. The number of hydrogen-bond donors (Lipinski definition) is 5. The molecule has 7 fully saturated rings. The predicted octanol–water partition coefficient (Wildman–Crippen LogP) is 3.25. The molecule has 5 unspecified atom stereocenters. The summed E-state index contributed by atoms with van der Waals surface area (Å²) in [5, 5.41) is 55.0. The molecule has 0 bridgehead atoms. The first kappa shape index (κ1) is 39.6. The Morgan fingerprint density at radius 2 is 1.30 bits per heavy atom. The van der Waals surface area contributed by atoms with Gasteiger partial charge in [-0.15, -0.1) is 0 Å². The number of aliphatic hydroxyl groups is 5. The molecular weight excluding hydrogens is 700 g/mol. The number of esters is 1. The third-order valence-corrected chi connectivity index (χ3v) is 15.9. The monoisotopic (exact) mass is 764 g/mol. The maximum Gasteiger partial charge on any atom is 0.331 e. The number of hydrogen-bond acceptors (Lipinski definition) is 13. The lowest BCUT2D eigenvalue weighted by atomic mass is 9.43. The Hall–Kier alpha value is -1.23. The molecule has 0 amide bonds. The van der Waals surface area contributed by atoms with Crippen molar-refractivity contribution in [1.29, 1.82) is 0 Å². The number of carbonyl (C=O) groups is 1. The molecule has 8 aliphatic rings. The molecule has 5 N–H and O–H groups in total. The van der Waals surface area contributed by atoms with Crippen LogP contribution < -0.4 is 0 Å². The van der Waals surface area contributed by atoms with Gasteiger partial charge in [0.1, 0.15) is 24.9 Å². The first-order chi connectivity index (χ1) is 25.6. The Bertz CT molecular complexity index is 1370. The first-order valence-electron chi connectivity index (χ1n) is 20.8. The third kappa shape index (κ3) is 6.82. The second-order valence-electron chi connectivity index (χ2n) is 18.7. The van der Waals surface area contributed by atoms with Gasteiger partial charge in [0.2, 0.25) is 0 Å². The molecule has 0 spiro atoms. The van der Waals surface area contributed by atoms with Crippen LogP contribution in [0.4, 0.5) is 0 Å². The molecule has 0 radical (unpaired) electrons. The van der Waals surface area contributed by atoms with Gasteiger partial charge in [-0.2, -0.15) is 0 Å². The quantitative estimate of drug-likeness (QED) is 0.188. The lowest BCUT2D eigenvalue weighted by molar-refractivity contribution is -0.336. The zero-order valence-corrected chi connectivity index (χ0v) is 32.6. The molecule has 20 atom stereocenters. The van der Waals surface area contributed by atoms with Gasteiger partial charge in [-0.1, -0.05) is 13.8 Å². The maximum atomic E-state index is 12.6. The van der Waals surface area contributed by atoms with Crippen LogP contribution in [0.2, 0.25) is 0 Å². The zero-order valence-electron chi connectivity index (χ0n) is 32.6. The van der Waals surface area contributed by atoms with E-state index in [4.69, 9.17) is 33.2 Å². The molecule has 8 rings (SSSR count). The Labute approximate surface area is 319 Å². The molecule has 0 aromatic heterocycles. The highest BCUT2D eigenvalue weighted by Gasteiger charge is 2.68. The van der Waals surface area contributed by atoms with E-state index < -0.39 is 79.4 Å². The molecule has 4 heterocycles. The van der Waals surface area contributed by atoms with E-state index in [1.54, 1.807) is 19.9 Å². The largest absolute Gasteiger partial charge is 0.458 e. The van der Waals surface area contributed by atoms with Gasteiger partial charge in [0.25, 0.3) is 0 Å². The average molecular weight is 765 g/mol. The lowest BCUT2D eigenvalue weighted by Gasteiger charge is -2.64. The SMILES string of the molecule is CC1O[C@@H](O[C@@H]2C(C)O[C@@H](O[C@@H]3C(C)O[C@@H](O[C@H]4CC[C@]5(C)C6CC[C@]7(C)[C@@H](C8=CC(=O)OC8)CC[C@]7(O)C6CC[C@H]5C4)C[C@H]3O)C[C@H]2O)C[C@@H](O)[C@@H]1O. The molecule has 0 aromatic rings. The Morgan fingerprint density at radius 3 is 1.89 bits per heavy atom. The van der Waals surface area contributed by atoms with Gasteiger partial charge in [-0.05, 0) is 113 Å². The van der Waals surface area contributed by atoms with Crippen molar-refractivity contribution in [1.82, 2.24) is 0 Å². The van der Waals surface area contributed by atoms with Gasteiger partial charge >= 0.3 is 5.97 Å². The summed E-state index contributed by atoms with van der Waals surface area (Å²) in [6, 6.07) is 0. The van der Waals surface area contributed by atoms with Crippen molar-refractivity contribution >= 4 is 5.97 Å². The minimum atomic E-state index is -0.996. The predicted molar refractivity (Wildman–Crippen MR) is 191 cm³/mol. The highest BCUT2D eigenvalue weighted by Crippen LogP contribution is 2.70. The standard InChI is InChI=1S/C41H64O13/c1-20-36(46)29(42)16-34(49-20)53-38-22(3)51-35(18-31(38)44)54-37-21(2)50-33(17-30(37)43)52-25-8-11-39(4)24(15-25)6-7-28-27(39)9-12-40(5)26(10-13-41(28,40)47)23-14-32(45)48-19-23/h14,20-22,24-31,33-38,42-44,46-47H,6-13,15-19H2,1-5H3/t20?,21?,22?,24-,25-,26+,27?,28?,29+,30+,31+,33-,34-,35-,36+,37+,38+,39-,40+,41-/m0/s1. The summed E-state index contributed by atoms with van der Waals surface area (Å²) in [6.45, 7) is 10.4. The molecule has 306 valence electrons. The minimum absolute atomic E-state index is 0.0243. The van der Waals surface area contributed by atoms with Crippen LogP contribution in [0.15, 0.2) is 11.6 Å². The van der Waals surface area contributed by atoms with Crippen molar-refractivity contribution in [2.75, 3.05) is 6.61 Å². The fraction of sp³-hybridized carbons (Fsp3) is 0.927. The summed E-state index contributed by atoms with van der Waals surface area (Å²) in [6.07, 6.45) is 1.90. The molecule has 54 heavy (non-hydrogen) atoms. The van der Waals surface area contributed by atoms with E-state index >= 15 is 0 Å². The summed E-state index contributed by atoms with van der Waals surface area (Å²) in [7, 11) is 0. The van der Waals surface area contributed by atoms with Crippen LogP contribution in [0, 0.1) is 34.5 Å². The van der Waals surface area contributed by atoms with Crippen LogP contribution in [0.1, 0.15) is 112 Å². The molecule has 4 aliphatic carbocycles. The number of carbonyl (C=O) groups excluding carboxylic acids is 1. The Morgan fingerprint density at radius 1 is 0.685 bits per heavy atom. The highest BCUT2D eigenvalue weighted by molar-refractivity contribution is 5.85. The van der Waals surface area contributed by atoms with Gasteiger partial charge < -0.3 is 58.7 Å². The Balaban J connectivity index is 0.826. The summed E-state index contributed by atoms with van der Waals surface area (Å²) >= 11 is 0. The molecular formula is C41H64O13. The second-order valence-corrected chi connectivity index (χ2v) is 18.7. The maximum absolute atomic E-state index is 12.6. The van der Waals surface area contributed by atoms with Crippen molar-refractivity contribution in [3.63, 3.8) is 0 Å². The normalized spacial score (nSPS) is 55.0. The summed E-state index contributed by atoms with van der Waals surface area (Å²) < 4.78 is 42.2. The van der Waals surface area contributed by atoms with Gasteiger partial charge in [0, 0.05) is 30.8 Å². The van der Waals surface area contributed by atoms with Crippen molar-refractivity contribution in [2.24, 2.45) is 34.5 Å². The highest BCUT2D eigenvalue weighted by atomic mass is 16.7. The van der Waals surface area contributed by atoms with Crippen LogP contribution in [0.3, 0.4) is 0 Å². The van der Waals surface area contributed by atoms with Crippen LogP contribution in [0.25, 0.3) is 0 Å². The molecule has 13 nitrogen and oxygen atoms in total. The second kappa shape index (κ2) is 14.9. The van der Waals surface area contributed by atoms with Gasteiger partial charge in [0.05, 0.1) is 48.3 Å². The topological polar surface area (TPSA) is 183 Å². The number of ether oxygens (including phenoxy) is 7. The summed E-state index contributed by atoms with van der Waals surface area (Å²) in [5.41, 5.74) is 0.215. The minimum Gasteiger partial charge on any atom is -0.458 e. The van der Waals surface area contributed by atoms with Crippen molar-refractivity contribution in [2.45, 2.75) is 197 Å². The van der Waals surface area contributed by atoms with Crippen LogP contribution in [-0.4, -0.2) is 124 Å². The fourth-order valence-corrected chi connectivity index (χ4v) is 12.8. The number of fused-ring (bicyclic) bond motifs is 5. The van der Waals surface area contributed by atoms with Gasteiger partial charge in [0.15, 0.2) is 18.9 Å². The molecule has 13 heteroatoms. The van der Waals surface area contributed by atoms with E-state index in [2.05, 4.69) is 13.8 Å². The molecule has 4 aliphatic heterocycles. The van der Waals surface area contributed by atoms with E-state index in [9.17, 15) is 30.3 Å². The third-order valence-electron chi connectivity index (χ3n) is 15.9. The van der Waals surface area contributed by atoms with Crippen molar-refractivity contribution in [3.8, 4) is 0 Å². The van der Waals surface area contributed by atoms with Crippen LogP contribution in [0.5, 0.6) is 0 Å². The first-order valence-corrected chi connectivity index (χ1v) is 20.8. The van der Waals surface area contributed by atoms with Gasteiger partial charge in [-0.25, -0.2) is 4.79 Å². The fourth-order valence-electron chi connectivity index (χ4n) is 12.8. The van der Waals surface area contributed by atoms with E-state index in [-0.39, 0.29) is 54.0 Å². The van der Waals surface area contributed by atoms with Crippen LogP contribution in [-0.2, 0) is 38.0 Å². The van der Waals surface area contributed by atoms with E-state index in [0.29, 0.717) is 18.4 Å². The summed E-state index contributed by atoms with van der Waals surface area (Å²) in [4.78, 5) is 11.9. The van der Waals surface area contributed by atoms with Crippen molar-refractivity contribution < 1.29 is 63.5 Å². The lowest BCUT2D eigenvalue weighted by Crippen LogP contribution is -2.62. The molecule has 3 saturated heterocycles.